The molecule has 1 fully saturated rings. The Morgan fingerprint density at radius 3 is 2.53 bits per heavy atom. The van der Waals surface area contributed by atoms with Gasteiger partial charge in [-0.3, -0.25) is 19.2 Å². The molecule has 2 aromatic rings. The zero-order chi connectivity index (χ0) is 23.3. The third-order valence-corrected chi connectivity index (χ3v) is 5.65. The first-order valence-corrected chi connectivity index (χ1v) is 10.9. The fourth-order valence-electron chi connectivity index (χ4n) is 3.94. The van der Waals surface area contributed by atoms with Crippen molar-refractivity contribution in [3.8, 4) is 0 Å². The summed E-state index contributed by atoms with van der Waals surface area (Å²) >= 11 is 0. The molecular formula is C23H30N4O5. The number of nitrogens with one attached hydrogen (secondary N) is 4. The molecule has 0 unspecified atom stereocenters. The van der Waals surface area contributed by atoms with Crippen LogP contribution in [0.15, 0.2) is 30.3 Å². The van der Waals surface area contributed by atoms with Crippen molar-refractivity contribution in [3.05, 3.63) is 36.0 Å². The molecule has 3 amide bonds. The average Bonchev–Trinajstić information content (AvgIpc) is 3.37. The molecule has 1 aliphatic rings. The number of Topliss-reactive ketones (excluding diaryl/α,β-unsaturated/α-hetero) is 1. The van der Waals surface area contributed by atoms with Crippen LogP contribution in [0.1, 0.15) is 43.6 Å². The number of aromatic amines is 1. The van der Waals surface area contributed by atoms with Crippen LogP contribution >= 0.6 is 0 Å². The van der Waals surface area contributed by atoms with E-state index in [1.807, 2.05) is 38.1 Å². The zero-order valence-electron chi connectivity index (χ0n) is 18.3. The van der Waals surface area contributed by atoms with Gasteiger partial charge in [-0.05, 0) is 37.3 Å². The van der Waals surface area contributed by atoms with Gasteiger partial charge in [0.05, 0.1) is 6.04 Å². The van der Waals surface area contributed by atoms with Crippen LogP contribution in [-0.2, 0) is 14.4 Å². The minimum absolute atomic E-state index is 0.0985. The molecule has 0 aliphatic carbocycles. The van der Waals surface area contributed by atoms with Gasteiger partial charge in [-0.2, -0.15) is 0 Å². The largest absolute Gasteiger partial charge is 0.389 e. The van der Waals surface area contributed by atoms with Gasteiger partial charge in [0.1, 0.15) is 18.3 Å². The quantitative estimate of drug-likeness (QED) is 0.372. The third kappa shape index (κ3) is 5.73. The van der Waals surface area contributed by atoms with Crippen LogP contribution in [0.2, 0.25) is 0 Å². The standard InChI is InChI=1S/C23H30N4O5/c1-13(2)9-18(27-23(32)19-10-14-5-3-4-6-16(14)25-19)22(31)26-17(20(29)12-28)11-15-7-8-24-21(15)30/h3-6,10,13,15,17-18,25,28H,7-9,11-12H2,1-2H3,(H,24,30)(H,26,31)(H,27,32)/t15-,17-,18-/m0/s1. The molecular weight excluding hydrogens is 412 g/mol. The second-order valence-corrected chi connectivity index (χ2v) is 8.62. The lowest BCUT2D eigenvalue weighted by atomic mass is 9.95. The van der Waals surface area contributed by atoms with Crippen molar-refractivity contribution in [1.82, 2.24) is 20.9 Å². The minimum atomic E-state index is -0.999. The van der Waals surface area contributed by atoms with Crippen molar-refractivity contribution in [1.29, 1.82) is 0 Å². The van der Waals surface area contributed by atoms with Crippen LogP contribution in [0.4, 0.5) is 0 Å². The summed E-state index contributed by atoms with van der Waals surface area (Å²) in [6.45, 7) is 3.63. The summed E-state index contributed by atoms with van der Waals surface area (Å²) in [4.78, 5) is 53.0. The molecule has 0 saturated carbocycles. The predicted molar refractivity (Wildman–Crippen MR) is 119 cm³/mol. The normalized spacial score (nSPS) is 17.8. The maximum absolute atomic E-state index is 13.0. The SMILES string of the molecule is CC(C)C[C@H](NC(=O)c1cc2ccccc2[nH]1)C(=O)N[C@@H](C[C@@H]1CCNC1=O)C(=O)CO. The molecule has 3 atom stereocenters. The van der Waals surface area contributed by atoms with E-state index in [1.54, 1.807) is 6.07 Å². The Labute approximate surface area is 186 Å². The lowest BCUT2D eigenvalue weighted by Gasteiger charge is -2.24. The summed E-state index contributed by atoms with van der Waals surface area (Å²) in [7, 11) is 0. The first-order valence-electron chi connectivity index (χ1n) is 10.9. The highest BCUT2D eigenvalue weighted by Crippen LogP contribution is 2.18. The van der Waals surface area contributed by atoms with E-state index in [0.29, 0.717) is 25.1 Å². The van der Waals surface area contributed by atoms with Gasteiger partial charge in [0, 0.05) is 23.4 Å². The van der Waals surface area contributed by atoms with Gasteiger partial charge in [0.2, 0.25) is 11.8 Å². The number of para-hydroxylation sites is 1. The number of ketones is 1. The molecule has 2 heterocycles. The number of hydrogen-bond acceptors (Lipinski definition) is 5. The summed E-state index contributed by atoms with van der Waals surface area (Å²) in [5.74, 6) is -1.98. The predicted octanol–water partition coefficient (Wildman–Crippen LogP) is 0.885. The lowest BCUT2D eigenvalue weighted by molar-refractivity contribution is -0.131. The van der Waals surface area contributed by atoms with E-state index in [9.17, 15) is 24.3 Å². The molecule has 1 aliphatic heterocycles. The molecule has 1 aromatic heterocycles. The summed E-state index contributed by atoms with van der Waals surface area (Å²) < 4.78 is 0. The van der Waals surface area contributed by atoms with Crippen LogP contribution in [-0.4, -0.2) is 58.8 Å². The highest BCUT2D eigenvalue weighted by molar-refractivity contribution is 6.00. The molecule has 9 heteroatoms. The van der Waals surface area contributed by atoms with E-state index in [4.69, 9.17) is 0 Å². The molecule has 0 radical (unpaired) electrons. The van der Waals surface area contributed by atoms with E-state index in [0.717, 1.165) is 10.9 Å². The number of aliphatic hydroxyl groups excluding tert-OH is 1. The Morgan fingerprint density at radius 2 is 1.91 bits per heavy atom. The molecule has 1 aromatic carbocycles. The van der Waals surface area contributed by atoms with Crippen LogP contribution in [0.25, 0.3) is 10.9 Å². The smallest absolute Gasteiger partial charge is 0.268 e. The number of aliphatic hydroxyl groups is 1. The molecule has 1 saturated heterocycles. The Hall–Kier alpha value is -3.20. The minimum Gasteiger partial charge on any atom is -0.389 e. The molecule has 9 nitrogen and oxygen atoms in total. The topological polar surface area (TPSA) is 140 Å². The van der Waals surface area contributed by atoms with Gasteiger partial charge >= 0.3 is 0 Å². The molecule has 32 heavy (non-hydrogen) atoms. The first kappa shape index (κ1) is 23.5. The average molecular weight is 443 g/mol. The second-order valence-electron chi connectivity index (χ2n) is 8.62. The van der Waals surface area contributed by atoms with Crippen molar-refractivity contribution in [2.75, 3.05) is 13.2 Å². The van der Waals surface area contributed by atoms with Gasteiger partial charge in [-0.1, -0.05) is 32.0 Å². The van der Waals surface area contributed by atoms with Crippen LogP contribution in [0, 0.1) is 11.8 Å². The number of benzene rings is 1. The second kappa shape index (κ2) is 10.4. The number of H-pyrrole nitrogens is 1. The van der Waals surface area contributed by atoms with Crippen molar-refractivity contribution in [2.45, 2.75) is 45.2 Å². The third-order valence-electron chi connectivity index (χ3n) is 5.65. The Kier molecular flexibility index (Phi) is 7.63. The summed E-state index contributed by atoms with van der Waals surface area (Å²) in [6.07, 6.45) is 1.04. The maximum atomic E-state index is 13.0. The Balaban J connectivity index is 1.72. The van der Waals surface area contributed by atoms with Gasteiger partial charge in [0.25, 0.3) is 5.91 Å². The van der Waals surface area contributed by atoms with Gasteiger partial charge in [-0.15, -0.1) is 0 Å². The van der Waals surface area contributed by atoms with E-state index in [-0.39, 0.29) is 18.2 Å². The number of carbonyl (C=O) groups is 4. The summed E-state index contributed by atoms with van der Waals surface area (Å²) in [5, 5.41) is 18.3. The van der Waals surface area contributed by atoms with Crippen molar-refractivity contribution in [2.24, 2.45) is 11.8 Å². The molecule has 5 N–H and O–H groups in total. The highest BCUT2D eigenvalue weighted by Gasteiger charge is 2.33. The highest BCUT2D eigenvalue weighted by atomic mass is 16.3. The zero-order valence-corrected chi connectivity index (χ0v) is 18.3. The van der Waals surface area contributed by atoms with Crippen molar-refractivity contribution >= 4 is 34.4 Å². The van der Waals surface area contributed by atoms with Gasteiger partial charge in [-0.25, -0.2) is 0 Å². The van der Waals surface area contributed by atoms with Crippen LogP contribution in [0.5, 0.6) is 0 Å². The molecule has 172 valence electrons. The fourth-order valence-corrected chi connectivity index (χ4v) is 3.94. The number of amides is 3. The molecule has 0 bridgehead atoms. The summed E-state index contributed by atoms with van der Waals surface area (Å²) in [6, 6.07) is 7.31. The van der Waals surface area contributed by atoms with Crippen LogP contribution < -0.4 is 16.0 Å². The lowest BCUT2D eigenvalue weighted by Crippen LogP contribution is -2.53. The Morgan fingerprint density at radius 1 is 1.16 bits per heavy atom. The number of aromatic nitrogens is 1. The number of carbonyl (C=O) groups excluding carboxylic acids is 4. The maximum Gasteiger partial charge on any atom is 0.268 e. The molecule has 3 rings (SSSR count). The molecule has 0 spiro atoms. The van der Waals surface area contributed by atoms with Crippen molar-refractivity contribution < 1.29 is 24.3 Å². The fraction of sp³-hybridized carbons (Fsp3) is 0.478. The van der Waals surface area contributed by atoms with E-state index < -0.39 is 42.2 Å². The van der Waals surface area contributed by atoms with Gasteiger partial charge < -0.3 is 26.0 Å². The Bertz CT molecular complexity index is 966. The monoisotopic (exact) mass is 442 g/mol. The number of hydrogen-bond donors (Lipinski definition) is 5. The van der Waals surface area contributed by atoms with Crippen LogP contribution in [0.3, 0.4) is 0 Å². The number of rotatable bonds is 10. The van der Waals surface area contributed by atoms with E-state index in [2.05, 4.69) is 20.9 Å². The van der Waals surface area contributed by atoms with Crippen molar-refractivity contribution in [3.63, 3.8) is 0 Å². The van der Waals surface area contributed by atoms with E-state index >= 15 is 0 Å². The number of fused-ring (bicyclic) bond motifs is 1. The first-order chi connectivity index (χ1) is 15.3. The van der Waals surface area contributed by atoms with Gasteiger partial charge in [0.15, 0.2) is 5.78 Å². The van der Waals surface area contributed by atoms with E-state index in [1.165, 1.54) is 0 Å². The summed E-state index contributed by atoms with van der Waals surface area (Å²) in [5.41, 5.74) is 1.14.